The van der Waals surface area contributed by atoms with Crippen LogP contribution >= 0.6 is 0 Å². The van der Waals surface area contributed by atoms with Crippen LogP contribution in [0.1, 0.15) is 19.7 Å². The van der Waals surface area contributed by atoms with E-state index < -0.39 is 23.9 Å². The van der Waals surface area contributed by atoms with E-state index in [9.17, 15) is 14.4 Å². The second kappa shape index (κ2) is 7.06. The molecule has 1 aromatic carbocycles. The molecule has 10 nitrogen and oxygen atoms in total. The van der Waals surface area contributed by atoms with Gasteiger partial charge in [-0.15, -0.1) is 0 Å². The van der Waals surface area contributed by atoms with E-state index in [2.05, 4.69) is 10.1 Å². The molecule has 2 aromatic rings. The molecule has 27 heavy (non-hydrogen) atoms. The van der Waals surface area contributed by atoms with E-state index in [-0.39, 0.29) is 18.3 Å². The summed E-state index contributed by atoms with van der Waals surface area (Å²) in [6.45, 7) is 3.01. The predicted octanol–water partition coefficient (Wildman–Crippen LogP) is 1.45. The number of urea groups is 1. The number of ether oxygens (including phenoxy) is 2. The zero-order chi connectivity index (χ0) is 19.7. The Bertz CT molecular complexity index is 907. The van der Waals surface area contributed by atoms with Gasteiger partial charge in [-0.2, -0.15) is 4.98 Å². The number of amides is 4. The molecule has 0 atom stereocenters. The van der Waals surface area contributed by atoms with E-state index in [0.717, 1.165) is 9.80 Å². The van der Waals surface area contributed by atoms with Crippen LogP contribution in [-0.2, 0) is 16.1 Å². The third-order valence-corrected chi connectivity index (χ3v) is 4.00. The van der Waals surface area contributed by atoms with Gasteiger partial charge in [-0.1, -0.05) is 5.16 Å². The topological polar surface area (TPSA) is 115 Å². The molecule has 1 saturated heterocycles. The Morgan fingerprint density at radius 2 is 1.78 bits per heavy atom. The first-order chi connectivity index (χ1) is 12.9. The first kappa shape index (κ1) is 18.4. The molecule has 0 unspecified atom stereocenters. The third-order valence-electron chi connectivity index (χ3n) is 4.00. The highest BCUT2D eigenvalue weighted by atomic mass is 16.5. The van der Waals surface area contributed by atoms with Crippen molar-refractivity contribution in [1.82, 2.24) is 19.9 Å². The standard InChI is InChI=1S/C17H18N4O6/c1-9(2)21-16(23)15(22)20(17(21)24)8-13-18-14(19-27-13)10-5-6-11(25-3)12(7-10)26-4/h5-7,9H,8H2,1-4H3. The molecule has 1 aromatic heterocycles. The Balaban J connectivity index is 1.82. The van der Waals surface area contributed by atoms with Gasteiger partial charge in [-0.3, -0.25) is 14.5 Å². The number of rotatable bonds is 6. The summed E-state index contributed by atoms with van der Waals surface area (Å²) in [4.78, 5) is 42.2. The number of benzene rings is 1. The fourth-order valence-electron chi connectivity index (χ4n) is 2.66. The van der Waals surface area contributed by atoms with Crippen LogP contribution < -0.4 is 9.47 Å². The van der Waals surface area contributed by atoms with E-state index >= 15 is 0 Å². The lowest BCUT2D eigenvalue weighted by Gasteiger charge is -2.17. The molecule has 1 aliphatic heterocycles. The minimum absolute atomic E-state index is 0.0277. The highest BCUT2D eigenvalue weighted by molar-refractivity contribution is 6.44. The first-order valence-corrected chi connectivity index (χ1v) is 8.11. The van der Waals surface area contributed by atoms with Crippen molar-refractivity contribution < 1.29 is 28.4 Å². The fraction of sp³-hybridized carbons (Fsp3) is 0.353. The summed E-state index contributed by atoms with van der Waals surface area (Å²) in [6, 6.07) is 3.95. The SMILES string of the molecule is COc1ccc(-c2noc(CN3C(=O)C(=O)N(C(C)C)C3=O)n2)cc1OC. The van der Waals surface area contributed by atoms with Gasteiger partial charge in [0.2, 0.25) is 11.7 Å². The van der Waals surface area contributed by atoms with Crippen molar-refractivity contribution in [1.29, 1.82) is 0 Å². The second-order valence-corrected chi connectivity index (χ2v) is 6.02. The zero-order valence-corrected chi connectivity index (χ0v) is 15.3. The predicted molar refractivity (Wildman–Crippen MR) is 90.8 cm³/mol. The van der Waals surface area contributed by atoms with Gasteiger partial charge in [0, 0.05) is 11.6 Å². The van der Waals surface area contributed by atoms with Crippen LogP contribution in [0.4, 0.5) is 4.79 Å². The molecule has 0 bridgehead atoms. The van der Waals surface area contributed by atoms with Crippen LogP contribution in [0, 0.1) is 0 Å². The average molecular weight is 374 g/mol. The Labute approximate surface area is 154 Å². The molecule has 10 heteroatoms. The van der Waals surface area contributed by atoms with Crippen LogP contribution in [0.15, 0.2) is 22.7 Å². The van der Waals surface area contributed by atoms with Crippen LogP contribution in [0.5, 0.6) is 11.5 Å². The number of carbonyl (C=O) groups is 3. The lowest BCUT2D eigenvalue weighted by atomic mass is 10.2. The van der Waals surface area contributed by atoms with Crippen molar-refractivity contribution in [3.63, 3.8) is 0 Å². The number of methoxy groups -OCH3 is 2. The first-order valence-electron chi connectivity index (χ1n) is 8.11. The summed E-state index contributed by atoms with van der Waals surface area (Å²) >= 11 is 0. The van der Waals surface area contributed by atoms with Gasteiger partial charge in [0.05, 0.1) is 14.2 Å². The molecule has 0 spiro atoms. The van der Waals surface area contributed by atoms with Crippen LogP contribution in [0.3, 0.4) is 0 Å². The minimum atomic E-state index is -0.917. The number of carbonyl (C=O) groups excluding carboxylic acids is 3. The summed E-state index contributed by atoms with van der Waals surface area (Å²) in [5.41, 5.74) is 0.599. The molecule has 0 aliphatic carbocycles. The molecule has 0 radical (unpaired) electrons. The lowest BCUT2D eigenvalue weighted by Crippen LogP contribution is -2.37. The second-order valence-electron chi connectivity index (χ2n) is 6.02. The van der Waals surface area contributed by atoms with Crippen molar-refractivity contribution >= 4 is 17.8 Å². The van der Waals surface area contributed by atoms with Gasteiger partial charge in [-0.25, -0.2) is 9.69 Å². The van der Waals surface area contributed by atoms with E-state index in [1.807, 2.05) is 0 Å². The molecule has 0 N–H and O–H groups in total. The molecule has 4 amide bonds. The average Bonchev–Trinajstić information content (AvgIpc) is 3.20. The molecule has 3 rings (SSSR count). The van der Waals surface area contributed by atoms with Gasteiger partial charge < -0.3 is 14.0 Å². The van der Waals surface area contributed by atoms with E-state index in [0.29, 0.717) is 17.1 Å². The number of imide groups is 2. The van der Waals surface area contributed by atoms with E-state index in [1.54, 1.807) is 32.0 Å². The summed E-state index contributed by atoms with van der Waals surface area (Å²) in [5, 5.41) is 3.85. The van der Waals surface area contributed by atoms with Crippen molar-refractivity contribution in [2.75, 3.05) is 14.2 Å². The number of nitrogens with zero attached hydrogens (tertiary/aromatic N) is 4. The molecular weight excluding hydrogens is 356 g/mol. The lowest BCUT2D eigenvalue weighted by molar-refractivity contribution is -0.144. The molecule has 0 saturated carbocycles. The maximum atomic E-state index is 12.3. The van der Waals surface area contributed by atoms with Gasteiger partial charge >= 0.3 is 17.8 Å². The summed E-state index contributed by atoms with van der Waals surface area (Å²) in [5.74, 6) is -0.471. The molecule has 1 aliphatic rings. The quantitative estimate of drug-likeness (QED) is 0.551. The van der Waals surface area contributed by atoms with E-state index in [4.69, 9.17) is 14.0 Å². The van der Waals surface area contributed by atoms with Gasteiger partial charge in [-0.05, 0) is 32.0 Å². The van der Waals surface area contributed by atoms with Crippen LogP contribution in [0.2, 0.25) is 0 Å². The van der Waals surface area contributed by atoms with Crippen molar-refractivity contribution in [3.05, 3.63) is 24.1 Å². The largest absolute Gasteiger partial charge is 0.493 e. The van der Waals surface area contributed by atoms with E-state index in [1.165, 1.54) is 14.2 Å². The van der Waals surface area contributed by atoms with Crippen LogP contribution in [-0.4, -0.2) is 58.0 Å². The van der Waals surface area contributed by atoms with Gasteiger partial charge in [0.1, 0.15) is 6.54 Å². The van der Waals surface area contributed by atoms with Crippen molar-refractivity contribution in [2.45, 2.75) is 26.4 Å². The highest BCUT2D eigenvalue weighted by Crippen LogP contribution is 2.31. The highest BCUT2D eigenvalue weighted by Gasteiger charge is 2.46. The Kier molecular flexibility index (Phi) is 4.80. The van der Waals surface area contributed by atoms with Gasteiger partial charge in [0.15, 0.2) is 11.5 Å². The Hall–Kier alpha value is -3.43. The monoisotopic (exact) mass is 374 g/mol. The molecule has 142 valence electrons. The molecule has 2 heterocycles. The molecular formula is C17H18N4O6. The summed E-state index contributed by atoms with van der Waals surface area (Å²) in [6.07, 6.45) is 0. The smallest absolute Gasteiger partial charge is 0.334 e. The van der Waals surface area contributed by atoms with Crippen LogP contribution in [0.25, 0.3) is 11.4 Å². The normalized spacial score (nSPS) is 14.5. The number of aromatic nitrogens is 2. The summed E-state index contributed by atoms with van der Waals surface area (Å²) < 4.78 is 15.5. The Morgan fingerprint density at radius 3 is 2.37 bits per heavy atom. The molecule has 1 fully saturated rings. The van der Waals surface area contributed by atoms with Crippen molar-refractivity contribution in [2.24, 2.45) is 0 Å². The van der Waals surface area contributed by atoms with Gasteiger partial charge in [0.25, 0.3) is 0 Å². The number of hydrogen-bond acceptors (Lipinski definition) is 8. The van der Waals surface area contributed by atoms with Crippen molar-refractivity contribution in [3.8, 4) is 22.9 Å². The third kappa shape index (κ3) is 3.21. The zero-order valence-electron chi connectivity index (χ0n) is 15.3. The maximum Gasteiger partial charge on any atom is 0.334 e. The number of hydrogen-bond donors (Lipinski definition) is 0. The Morgan fingerprint density at radius 1 is 1.07 bits per heavy atom. The minimum Gasteiger partial charge on any atom is -0.493 e. The maximum absolute atomic E-state index is 12.3. The fourth-order valence-corrected chi connectivity index (χ4v) is 2.66. The summed E-state index contributed by atoms with van der Waals surface area (Å²) in [7, 11) is 3.03.